The summed E-state index contributed by atoms with van der Waals surface area (Å²) in [6.45, 7) is 6.78. The molecule has 4 aliphatic rings. The Kier molecular flexibility index (Phi) is 3.88. The Morgan fingerprint density at radius 2 is 1.77 bits per heavy atom. The number of alkyl halides is 3. The van der Waals surface area contributed by atoms with E-state index in [0.717, 1.165) is 31.2 Å². The van der Waals surface area contributed by atoms with E-state index >= 15 is 0 Å². The number of hydrogen-bond donors (Lipinski definition) is 0. The van der Waals surface area contributed by atoms with Crippen LogP contribution in [-0.4, -0.2) is 5.78 Å². The minimum atomic E-state index is -4.30. The number of ketones is 1. The SMILES string of the molecule is CC1(C)[C@H]2C[C@@H]1[C@]1(C)CCC[C@@H](Cc3ccc(C(F)(F)F)cc3)[C@@H]1C2=O. The van der Waals surface area contributed by atoms with Crippen molar-refractivity contribution in [3.63, 3.8) is 0 Å². The van der Waals surface area contributed by atoms with Crippen molar-refractivity contribution in [1.29, 1.82) is 0 Å². The highest BCUT2D eigenvalue weighted by Crippen LogP contribution is 2.70. The van der Waals surface area contributed by atoms with Crippen molar-refractivity contribution in [2.24, 2.45) is 34.5 Å². The van der Waals surface area contributed by atoms with Crippen LogP contribution in [0.1, 0.15) is 57.6 Å². The van der Waals surface area contributed by atoms with Crippen molar-refractivity contribution in [2.45, 2.75) is 59.1 Å². The Balaban J connectivity index is 1.58. The molecule has 4 heteroatoms. The molecule has 26 heavy (non-hydrogen) atoms. The number of Topliss-reactive ketones (excluding diaryl/α,β-unsaturated/α-hetero) is 1. The van der Waals surface area contributed by atoms with Crippen LogP contribution >= 0.6 is 0 Å². The fourth-order valence-electron chi connectivity index (χ4n) is 6.65. The molecule has 0 amide bonds. The number of carbonyl (C=O) groups is 1. The standard InChI is InChI=1S/C22H27F3O/c1-20(2)16-12-17(20)21(3)10-4-5-14(18(21)19(16)26)11-13-6-8-15(9-7-13)22(23,24)25/h6-9,14,16-18H,4-5,10-12H2,1-3H3/t14-,16-,17-,18+,21-/m0/s1. The summed E-state index contributed by atoms with van der Waals surface area (Å²) in [4.78, 5) is 13.3. The first-order valence-electron chi connectivity index (χ1n) is 9.75. The van der Waals surface area contributed by atoms with E-state index in [-0.39, 0.29) is 28.6 Å². The first kappa shape index (κ1) is 18.1. The van der Waals surface area contributed by atoms with Crippen molar-refractivity contribution < 1.29 is 18.0 Å². The zero-order valence-electron chi connectivity index (χ0n) is 15.7. The predicted octanol–water partition coefficient (Wildman–Crippen LogP) is 5.92. The van der Waals surface area contributed by atoms with Gasteiger partial charge in [-0.05, 0) is 66.0 Å². The van der Waals surface area contributed by atoms with E-state index in [1.54, 1.807) is 12.1 Å². The Labute approximate surface area is 153 Å². The van der Waals surface area contributed by atoms with Crippen LogP contribution in [0.5, 0.6) is 0 Å². The molecule has 1 aromatic rings. The molecule has 0 unspecified atom stereocenters. The van der Waals surface area contributed by atoms with Gasteiger partial charge in [0.15, 0.2) is 0 Å². The summed E-state index contributed by atoms with van der Waals surface area (Å²) in [6, 6.07) is 5.51. The topological polar surface area (TPSA) is 17.1 Å². The fourth-order valence-corrected chi connectivity index (χ4v) is 6.65. The third-order valence-corrected chi connectivity index (χ3v) is 7.97. The highest BCUT2D eigenvalue weighted by atomic mass is 19.4. The average Bonchev–Trinajstić information content (AvgIpc) is 2.53. The van der Waals surface area contributed by atoms with E-state index in [0.29, 0.717) is 18.1 Å². The molecule has 0 radical (unpaired) electrons. The summed E-state index contributed by atoms with van der Waals surface area (Å²) < 4.78 is 38.3. The van der Waals surface area contributed by atoms with E-state index < -0.39 is 11.7 Å². The smallest absolute Gasteiger partial charge is 0.299 e. The largest absolute Gasteiger partial charge is 0.416 e. The van der Waals surface area contributed by atoms with Crippen LogP contribution in [-0.2, 0) is 17.4 Å². The van der Waals surface area contributed by atoms with Gasteiger partial charge in [0.2, 0.25) is 0 Å². The maximum absolute atomic E-state index is 13.3. The molecule has 4 aliphatic carbocycles. The van der Waals surface area contributed by atoms with Crippen molar-refractivity contribution in [1.82, 2.24) is 0 Å². The van der Waals surface area contributed by atoms with Gasteiger partial charge >= 0.3 is 6.18 Å². The number of rotatable bonds is 2. The molecule has 1 aromatic carbocycles. The molecule has 5 rings (SSSR count). The Morgan fingerprint density at radius 1 is 1.12 bits per heavy atom. The second kappa shape index (κ2) is 5.59. The lowest BCUT2D eigenvalue weighted by molar-refractivity contribution is -0.204. The van der Waals surface area contributed by atoms with E-state index in [1.807, 2.05) is 0 Å². The quantitative estimate of drug-likeness (QED) is 0.637. The molecule has 0 N–H and O–H groups in total. The number of benzene rings is 1. The molecule has 0 heterocycles. The number of halogens is 3. The molecule has 5 atom stereocenters. The molecule has 4 saturated carbocycles. The van der Waals surface area contributed by atoms with Crippen LogP contribution in [0, 0.1) is 34.5 Å². The highest BCUT2D eigenvalue weighted by molar-refractivity contribution is 5.88. The van der Waals surface area contributed by atoms with Crippen LogP contribution in [0.15, 0.2) is 24.3 Å². The number of hydrogen-bond acceptors (Lipinski definition) is 1. The van der Waals surface area contributed by atoms with E-state index in [1.165, 1.54) is 12.1 Å². The lowest BCUT2D eigenvalue weighted by Crippen LogP contribution is -2.67. The summed E-state index contributed by atoms with van der Waals surface area (Å²) in [5, 5.41) is 0. The zero-order chi connectivity index (χ0) is 18.9. The van der Waals surface area contributed by atoms with Gasteiger partial charge in [-0.2, -0.15) is 13.2 Å². The molecule has 1 nitrogen and oxygen atoms in total. The van der Waals surface area contributed by atoms with Crippen molar-refractivity contribution in [3.8, 4) is 0 Å². The molecule has 2 bridgehead atoms. The van der Waals surface area contributed by atoms with Crippen molar-refractivity contribution >= 4 is 5.78 Å². The Hall–Kier alpha value is -1.32. The average molecular weight is 364 g/mol. The van der Waals surface area contributed by atoms with E-state index in [9.17, 15) is 18.0 Å². The lowest BCUT2D eigenvalue weighted by atomic mass is 9.34. The molecule has 0 saturated heterocycles. The molecule has 4 fully saturated rings. The third-order valence-electron chi connectivity index (χ3n) is 7.97. The zero-order valence-corrected chi connectivity index (χ0v) is 15.7. The molecule has 0 spiro atoms. The van der Waals surface area contributed by atoms with Crippen LogP contribution in [0.25, 0.3) is 0 Å². The second-order valence-electron chi connectivity index (χ2n) is 9.60. The minimum absolute atomic E-state index is 0.0597. The molecule has 0 aliphatic heterocycles. The summed E-state index contributed by atoms with van der Waals surface area (Å²) in [6.07, 6.45) is 0.674. The normalized spacial score (nSPS) is 38.5. The summed E-state index contributed by atoms with van der Waals surface area (Å²) in [5.74, 6) is 1.54. The Morgan fingerprint density at radius 3 is 2.35 bits per heavy atom. The second-order valence-corrected chi connectivity index (χ2v) is 9.60. The fraction of sp³-hybridized carbons (Fsp3) is 0.682. The molecule has 0 aromatic heterocycles. The van der Waals surface area contributed by atoms with Crippen LogP contribution in [0.2, 0.25) is 0 Å². The highest BCUT2D eigenvalue weighted by Gasteiger charge is 2.68. The van der Waals surface area contributed by atoms with Gasteiger partial charge in [0.05, 0.1) is 5.56 Å². The van der Waals surface area contributed by atoms with Gasteiger partial charge in [-0.1, -0.05) is 39.3 Å². The van der Waals surface area contributed by atoms with Gasteiger partial charge in [0.1, 0.15) is 5.78 Å². The van der Waals surface area contributed by atoms with Gasteiger partial charge in [-0.15, -0.1) is 0 Å². The maximum Gasteiger partial charge on any atom is 0.416 e. The first-order chi connectivity index (χ1) is 12.0. The van der Waals surface area contributed by atoms with Crippen LogP contribution in [0.3, 0.4) is 0 Å². The monoisotopic (exact) mass is 364 g/mol. The predicted molar refractivity (Wildman–Crippen MR) is 94.5 cm³/mol. The molecule has 142 valence electrons. The summed E-state index contributed by atoms with van der Waals surface area (Å²) in [5.41, 5.74) is 0.480. The first-order valence-corrected chi connectivity index (χ1v) is 9.75. The number of carbonyl (C=O) groups excluding carboxylic acids is 1. The van der Waals surface area contributed by atoms with Crippen LogP contribution < -0.4 is 0 Å². The van der Waals surface area contributed by atoms with E-state index in [2.05, 4.69) is 20.8 Å². The lowest BCUT2D eigenvalue weighted by Gasteiger charge is -2.68. The van der Waals surface area contributed by atoms with Gasteiger partial charge in [0, 0.05) is 11.8 Å². The van der Waals surface area contributed by atoms with Crippen molar-refractivity contribution in [2.75, 3.05) is 0 Å². The van der Waals surface area contributed by atoms with Gasteiger partial charge in [0.25, 0.3) is 0 Å². The summed E-state index contributed by atoms with van der Waals surface area (Å²) in [7, 11) is 0. The molecular formula is C22H27F3O. The Bertz CT molecular complexity index is 718. The van der Waals surface area contributed by atoms with E-state index in [4.69, 9.17) is 0 Å². The minimum Gasteiger partial charge on any atom is -0.299 e. The van der Waals surface area contributed by atoms with Gasteiger partial charge in [-0.3, -0.25) is 4.79 Å². The third kappa shape index (κ3) is 2.47. The van der Waals surface area contributed by atoms with Crippen molar-refractivity contribution in [3.05, 3.63) is 35.4 Å². The van der Waals surface area contributed by atoms with Gasteiger partial charge < -0.3 is 0 Å². The van der Waals surface area contributed by atoms with Gasteiger partial charge in [-0.25, -0.2) is 0 Å². The summed E-state index contributed by atoms with van der Waals surface area (Å²) >= 11 is 0. The van der Waals surface area contributed by atoms with Crippen LogP contribution in [0.4, 0.5) is 13.2 Å². The maximum atomic E-state index is 13.3. The molecular weight excluding hydrogens is 337 g/mol.